The normalized spacial score (nSPS) is 12.0. The number of hydrogen-bond acceptors (Lipinski definition) is 6. The SMILES string of the molecule is CC(=O)OCc1ccc(OCC(OC(C)=O)c2cc3cc(C(C)C)ccc3o2)cc1. The van der Waals surface area contributed by atoms with Gasteiger partial charge in [0.05, 0.1) is 0 Å². The summed E-state index contributed by atoms with van der Waals surface area (Å²) >= 11 is 0. The van der Waals surface area contributed by atoms with E-state index in [-0.39, 0.29) is 19.2 Å². The molecule has 1 aromatic heterocycles. The van der Waals surface area contributed by atoms with Gasteiger partial charge in [-0.3, -0.25) is 9.59 Å². The van der Waals surface area contributed by atoms with Gasteiger partial charge in [-0.25, -0.2) is 0 Å². The molecule has 0 saturated heterocycles. The van der Waals surface area contributed by atoms with Crippen LogP contribution in [0.5, 0.6) is 5.75 Å². The summed E-state index contributed by atoms with van der Waals surface area (Å²) in [5, 5.41) is 0.961. The van der Waals surface area contributed by atoms with E-state index in [0.717, 1.165) is 16.5 Å². The Kier molecular flexibility index (Phi) is 6.77. The Bertz CT molecular complexity index is 1020. The number of furan rings is 1. The highest BCUT2D eigenvalue weighted by atomic mass is 16.6. The molecule has 30 heavy (non-hydrogen) atoms. The summed E-state index contributed by atoms with van der Waals surface area (Å²) in [6, 6.07) is 15.1. The minimum absolute atomic E-state index is 0.111. The Morgan fingerprint density at radius 1 is 0.967 bits per heavy atom. The first-order valence-corrected chi connectivity index (χ1v) is 9.87. The Labute approximate surface area is 175 Å². The molecule has 6 nitrogen and oxygen atoms in total. The topological polar surface area (TPSA) is 75.0 Å². The van der Waals surface area contributed by atoms with Crippen LogP contribution in [-0.4, -0.2) is 18.5 Å². The fraction of sp³-hybridized carbons (Fsp3) is 0.333. The Hall–Kier alpha value is -3.28. The molecule has 0 saturated carbocycles. The lowest BCUT2D eigenvalue weighted by Crippen LogP contribution is -2.16. The van der Waals surface area contributed by atoms with Crippen LogP contribution < -0.4 is 4.74 Å². The number of carbonyl (C=O) groups excluding carboxylic acids is 2. The van der Waals surface area contributed by atoms with E-state index in [1.165, 1.54) is 19.4 Å². The van der Waals surface area contributed by atoms with E-state index < -0.39 is 12.1 Å². The lowest BCUT2D eigenvalue weighted by atomic mass is 10.0. The molecule has 6 heteroatoms. The number of carbonyl (C=O) groups is 2. The van der Waals surface area contributed by atoms with Crippen molar-refractivity contribution in [3.05, 3.63) is 65.4 Å². The molecule has 0 radical (unpaired) electrons. The predicted molar refractivity (Wildman–Crippen MR) is 112 cm³/mol. The maximum absolute atomic E-state index is 11.6. The van der Waals surface area contributed by atoms with E-state index in [2.05, 4.69) is 19.9 Å². The van der Waals surface area contributed by atoms with Crippen molar-refractivity contribution in [3.63, 3.8) is 0 Å². The summed E-state index contributed by atoms with van der Waals surface area (Å²) in [6.07, 6.45) is -0.668. The van der Waals surface area contributed by atoms with Crippen molar-refractivity contribution in [2.45, 2.75) is 46.3 Å². The van der Waals surface area contributed by atoms with Crippen molar-refractivity contribution in [3.8, 4) is 5.75 Å². The molecular formula is C24H26O6. The standard InChI is InChI=1S/C24H26O6/c1-15(2)19-7-10-22-20(11-19)12-23(30-22)24(29-17(4)26)14-28-21-8-5-18(6-9-21)13-27-16(3)25/h5-12,15,24H,13-14H2,1-4H3. The number of esters is 2. The van der Waals surface area contributed by atoms with E-state index in [1.54, 1.807) is 12.1 Å². The van der Waals surface area contributed by atoms with Crippen LogP contribution in [0.4, 0.5) is 0 Å². The molecule has 0 aliphatic rings. The molecule has 1 heterocycles. The largest absolute Gasteiger partial charge is 0.489 e. The van der Waals surface area contributed by atoms with E-state index >= 15 is 0 Å². The summed E-state index contributed by atoms with van der Waals surface area (Å²) in [6.45, 7) is 7.32. The average Bonchev–Trinajstić information content (AvgIpc) is 3.13. The van der Waals surface area contributed by atoms with Gasteiger partial charge in [-0.2, -0.15) is 0 Å². The van der Waals surface area contributed by atoms with Gasteiger partial charge < -0.3 is 18.6 Å². The zero-order valence-electron chi connectivity index (χ0n) is 17.6. The van der Waals surface area contributed by atoms with Crippen molar-refractivity contribution in [2.24, 2.45) is 0 Å². The Balaban J connectivity index is 1.72. The molecule has 0 amide bonds. The molecule has 1 unspecified atom stereocenters. The van der Waals surface area contributed by atoms with Crippen molar-refractivity contribution in [2.75, 3.05) is 6.61 Å². The molecule has 0 bridgehead atoms. The minimum atomic E-state index is -0.668. The van der Waals surface area contributed by atoms with Crippen LogP contribution in [-0.2, 0) is 25.7 Å². The molecule has 1 atom stereocenters. The molecule has 158 valence electrons. The maximum atomic E-state index is 11.6. The zero-order valence-corrected chi connectivity index (χ0v) is 17.6. The highest BCUT2D eigenvalue weighted by molar-refractivity contribution is 5.79. The minimum Gasteiger partial charge on any atom is -0.489 e. The van der Waals surface area contributed by atoms with Gasteiger partial charge >= 0.3 is 11.9 Å². The molecule has 0 N–H and O–H groups in total. The zero-order chi connectivity index (χ0) is 21.7. The molecule has 2 aromatic carbocycles. The smallest absolute Gasteiger partial charge is 0.303 e. The van der Waals surface area contributed by atoms with Gasteiger partial charge in [0.2, 0.25) is 0 Å². The summed E-state index contributed by atoms with van der Waals surface area (Å²) in [7, 11) is 0. The number of ether oxygens (including phenoxy) is 3. The van der Waals surface area contributed by atoms with Gasteiger partial charge in [-0.1, -0.05) is 32.0 Å². The number of rotatable bonds is 8. The van der Waals surface area contributed by atoms with Crippen LogP contribution >= 0.6 is 0 Å². The third-order valence-corrected chi connectivity index (χ3v) is 4.62. The third-order valence-electron chi connectivity index (χ3n) is 4.62. The van der Waals surface area contributed by atoms with Gasteiger partial charge in [-0.05, 0) is 47.4 Å². The first kappa shape index (κ1) is 21.4. The van der Waals surface area contributed by atoms with Gasteiger partial charge in [0, 0.05) is 19.2 Å². The quantitative estimate of drug-likeness (QED) is 0.469. The van der Waals surface area contributed by atoms with E-state index in [4.69, 9.17) is 18.6 Å². The van der Waals surface area contributed by atoms with Crippen molar-refractivity contribution >= 4 is 22.9 Å². The van der Waals surface area contributed by atoms with E-state index in [1.807, 2.05) is 30.3 Å². The summed E-state index contributed by atoms with van der Waals surface area (Å²) in [5.41, 5.74) is 2.80. The third kappa shape index (κ3) is 5.63. The summed E-state index contributed by atoms with van der Waals surface area (Å²) in [5.74, 6) is 0.809. The summed E-state index contributed by atoms with van der Waals surface area (Å²) in [4.78, 5) is 22.5. The first-order chi connectivity index (χ1) is 14.3. The van der Waals surface area contributed by atoms with Crippen molar-refractivity contribution in [1.82, 2.24) is 0 Å². The van der Waals surface area contributed by atoms with Crippen LogP contribution in [0, 0.1) is 0 Å². The number of fused-ring (bicyclic) bond motifs is 1. The fourth-order valence-corrected chi connectivity index (χ4v) is 3.01. The van der Waals surface area contributed by atoms with Gasteiger partial charge in [0.1, 0.15) is 30.3 Å². The second-order valence-electron chi connectivity index (χ2n) is 7.43. The van der Waals surface area contributed by atoms with Crippen LogP contribution in [0.2, 0.25) is 0 Å². The maximum Gasteiger partial charge on any atom is 0.303 e. The van der Waals surface area contributed by atoms with Crippen LogP contribution in [0.1, 0.15) is 56.6 Å². The monoisotopic (exact) mass is 410 g/mol. The highest BCUT2D eigenvalue weighted by Crippen LogP contribution is 2.29. The molecule has 0 aliphatic carbocycles. The van der Waals surface area contributed by atoms with Gasteiger partial charge in [0.15, 0.2) is 6.10 Å². The second kappa shape index (κ2) is 9.48. The molecule has 0 fully saturated rings. The van der Waals surface area contributed by atoms with E-state index in [0.29, 0.717) is 17.4 Å². The van der Waals surface area contributed by atoms with Gasteiger partial charge in [0.25, 0.3) is 0 Å². The molecule has 3 aromatic rings. The molecular weight excluding hydrogens is 384 g/mol. The van der Waals surface area contributed by atoms with Crippen LogP contribution in [0.3, 0.4) is 0 Å². The van der Waals surface area contributed by atoms with Crippen LogP contribution in [0.15, 0.2) is 52.9 Å². The molecule has 3 rings (SSSR count). The van der Waals surface area contributed by atoms with Crippen LogP contribution in [0.25, 0.3) is 11.0 Å². The highest BCUT2D eigenvalue weighted by Gasteiger charge is 2.21. The lowest BCUT2D eigenvalue weighted by molar-refractivity contribution is -0.149. The Morgan fingerprint density at radius 3 is 2.33 bits per heavy atom. The number of hydrogen-bond donors (Lipinski definition) is 0. The molecule has 0 spiro atoms. The van der Waals surface area contributed by atoms with E-state index in [9.17, 15) is 9.59 Å². The lowest BCUT2D eigenvalue weighted by Gasteiger charge is -2.16. The van der Waals surface area contributed by atoms with Gasteiger partial charge in [-0.15, -0.1) is 0 Å². The fourth-order valence-electron chi connectivity index (χ4n) is 3.01. The van der Waals surface area contributed by atoms with Crippen molar-refractivity contribution < 1.29 is 28.2 Å². The molecule has 0 aliphatic heterocycles. The average molecular weight is 410 g/mol. The second-order valence-corrected chi connectivity index (χ2v) is 7.43. The van der Waals surface area contributed by atoms with Crippen molar-refractivity contribution in [1.29, 1.82) is 0 Å². The number of benzene rings is 2. The first-order valence-electron chi connectivity index (χ1n) is 9.87. The predicted octanol–water partition coefficient (Wildman–Crippen LogP) is 5.30. The summed E-state index contributed by atoms with van der Waals surface area (Å²) < 4.78 is 22.1. The Morgan fingerprint density at radius 2 is 1.70 bits per heavy atom.